The van der Waals surface area contributed by atoms with Crippen molar-refractivity contribution in [3.8, 4) is 0 Å². The Kier molecular flexibility index (Phi) is 7.63. The number of aryl methyl sites for hydroxylation is 2. The SMILES string of the molecule is Cc1sc2ncnc(N3CCC(C(=O)NCC(CC(C)C)N4CCOCC4)CC3)c2c1C. The summed E-state index contributed by atoms with van der Waals surface area (Å²) in [4.78, 5) is 29.2. The Bertz CT molecular complexity index is 916. The summed E-state index contributed by atoms with van der Waals surface area (Å²) in [5.74, 6) is 1.93. The second-order valence-electron chi connectivity index (χ2n) is 9.60. The topological polar surface area (TPSA) is 70.6 Å². The molecule has 2 aromatic heterocycles. The normalized spacial score (nSPS) is 19.6. The Morgan fingerprint density at radius 1 is 1.19 bits per heavy atom. The highest BCUT2D eigenvalue weighted by atomic mass is 32.1. The highest BCUT2D eigenvalue weighted by Crippen LogP contribution is 2.35. The Balaban J connectivity index is 1.33. The fourth-order valence-corrected chi connectivity index (χ4v) is 5.96. The molecule has 8 heteroatoms. The van der Waals surface area contributed by atoms with Crippen LogP contribution in [0.15, 0.2) is 6.33 Å². The molecule has 0 bridgehead atoms. The summed E-state index contributed by atoms with van der Waals surface area (Å²) < 4.78 is 5.52. The van der Waals surface area contributed by atoms with Gasteiger partial charge in [0.25, 0.3) is 0 Å². The molecule has 1 N–H and O–H groups in total. The minimum absolute atomic E-state index is 0.0817. The number of nitrogens with zero attached hydrogens (tertiary/aromatic N) is 4. The van der Waals surface area contributed by atoms with E-state index in [1.54, 1.807) is 17.7 Å². The van der Waals surface area contributed by atoms with Gasteiger partial charge in [0.15, 0.2) is 0 Å². The average Bonchev–Trinajstić information content (AvgIpc) is 3.10. The molecule has 4 heterocycles. The Hall–Kier alpha value is -1.77. The summed E-state index contributed by atoms with van der Waals surface area (Å²) >= 11 is 1.73. The summed E-state index contributed by atoms with van der Waals surface area (Å²) in [5.41, 5.74) is 1.28. The standard InChI is InChI=1S/C24H37N5O2S/c1-16(2)13-20(28-9-11-31-12-10-28)14-25-23(30)19-5-7-29(8-6-19)22-21-17(3)18(4)32-24(21)27-15-26-22/h15-16,19-20H,5-14H2,1-4H3,(H,25,30). The second-order valence-corrected chi connectivity index (χ2v) is 10.8. The molecular weight excluding hydrogens is 422 g/mol. The van der Waals surface area contributed by atoms with Crippen LogP contribution >= 0.6 is 11.3 Å². The molecular formula is C24H37N5O2S. The van der Waals surface area contributed by atoms with Gasteiger partial charge in [-0.3, -0.25) is 9.69 Å². The number of amides is 1. The van der Waals surface area contributed by atoms with Gasteiger partial charge in [0.2, 0.25) is 5.91 Å². The lowest BCUT2D eigenvalue weighted by Gasteiger charge is -2.36. The van der Waals surface area contributed by atoms with Crippen LogP contribution in [0.4, 0.5) is 5.82 Å². The van der Waals surface area contributed by atoms with E-state index in [0.717, 1.165) is 75.8 Å². The number of rotatable bonds is 7. The molecule has 4 rings (SSSR count). The number of piperidine rings is 1. The van der Waals surface area contributed by atoms with Gasteiger partial charge in [-0.2, -0.15) is 0 Å². The van der Waals surface area contributed by atoms with E-state index in [1.807, 2.05) is 0 Å². The van der Waals surface area contributed by atoms with Gasteiger partial charge in [-0.15, -0.1) is 11.3 Å². The van der Waals surface area contributed by atoms with Gasteiger partial charge in [0.1, 0.15) is 17.0 Å². The molecule has 1 unspecified atom stereocenters. The van der Waals surface area contributed by atoms with Crippen molar-refractivity contribution >= 4 is 33.3 Å². The van der Waals surface area contributed by atoms with E-state index >= 15 is 0 Å². The van der Waals surface area contributed by atoms with Crippen LogP contribution in [0, 0.1) is 25.7 Å². The smallest absolute Gasteiger partial charge is 0.223 e. The lowest BCUT2D eigenvalue weighted by atomic mass is 9.95. The molecule has 0 radical (unpaired) electrons. The number of hydrogen-bond acceptors (Lipinski definition) is 7. The molecule has 0 saturated carbocycles. The zero-order valence-electron chi connectivity index (χ0n) is 19.9. The first-order valence-electron chi connectivity index (χ1n) is 12.0. The minimum Gasteiger partial charge on any atom is -0.379 e. The summed E-state index contributed by atoms with van der Waals surface area (Å²) in [6.07, 6.45) is 4.51. The molecule has 176 valence electrons. The van der Waals surface area contributed by atoms with Gasteiger partial charge >= 0.3 is 0 Å². The van der Waals surface area contributed by atoms with Crippen molar-refractivity contribution in [2.75, 3.05) is 50.8 Å². The number of carbonyl (C=O) groups excluding carboxylic acids is 1. The van der Waals surface area contributed by atoms with Crippen LogP contribution in [0.3, 0.4) is 0 Å². The van der Waals surface area contributed by atoms with Crippen molar-refractivity contribution in [1.29, 1.82) is 0 Å². The third-order valence-corrected chi connectivity index (χ3v) is 8.04. The number of nitrogens with one attached hydrogen (secondary N) is 1. The largest absolute Gasteiger partial charge is 0.379 e. The third-order valence-electron chi connectivity index (χ3n) is 6.93. The molecule has 0 aromatic carbocycles. The fraction of sp³-hybridized carbons (Fsp3) is 0.708. The van der Waals surface area contributed by atoms with E-state index in [2.05, 4.69) is 52.8 Å². The summed E-state index contributed by atoms with van der Waals surface area (Å²) in [6.45, 7) is 14.8. The van der Waals surface area contributed by atoms with Crippen LogP contribution in [-0.4, -0.2) is 72.8 Å². The highest BCUT2D eigenvalue weighted by Gasteiger charge is 2.29. The van der Waals surface area contributed by atoms with Gasteiger partial charge in [0, 0.05) is 49.6 Å². The van der Waals surface area contributed by atoms with E-state index in [9.17, 15) is 4.79 Å². The molecule has 2 aliphatic heterocycles. The lowest BCUT2D eigenvalue weighted by Crippen LogP contribution is -2.50. The van der Waals surface area contributed by atoms with E-state index < -0.39 is 0 Å². The molecule has 0 spiro atoms. The Morgan fingerprint density at radius 2 is 1.91 bits per heavy atom. The van der Waals surface area contributed by atoms with Crippen LogP contribution in [0.5, 0.6) is 0 Å². The maximum Gasteiger partial charge on any atom is 0.223 e. The van der Waals surface area contributed by atoms with Crippen LogP contribution in [0.1, 0.15) is 43.6 Å². The van der Waals surface area contributed by atoms with Crippen molar-refractivity contribution in [3.05, 3.63) is 16.8 Å². The fourth-order valence-electron chi connectivity index (χ4n) is 4.97. The number of thiophene rings is 1. The van der Waals surface area contributed by atoms with E-state index in [0.29, 0.717) is 12.0 Å². The molecule has 32 heavy (non-hydrogen) atoms. The van der Waals surface area contributed by atoms with Crippen molar-refractivity contribution in [2.45, 2.75) is 53.0 Å². The first-order chi connectivity index (χ1) is 15.4. The number of ether oxygens (including phenoxy) is 1. The molecule has 0 aliphatic carbocycles. The maximum absolute atomic E-state index is 13.0. The summed E-state index contributed by atoms with van der Waals surface area (Å²) in [5, 5.41) is 4.47. The highest BCUT2D eigenvalue weighted by molar-refractivity contribution is 7.18. The third kappa shape index (κ3) is 5.24. The number of anilines is 1. The van der Waals surface area contributed by atoms with Crippen LogP contribution in [0.25, 0.3) is 10.2 Å². The zero-order chi connectivity index (χ0) is 22.7. The van der Waals surface area contributed by atoms with Gasteiger partial charge in [-0.1, -0.05) is 13.8 Å². The number of fused-ring (bicyclic) bond motifs is 1. The van der Waals surface area contributed by atoms with Crippen LogP contribution < -0.4 is 10.2 Å². The van der Waals surface area contributed by atoms with Gasteiger partial charge in [-0.25, -0.2) is 9.97 Å². The predicted molar refractivity (Wildman–Crippen MR) is 130 cm³/mol. The quantitative estimate of drug-likeness (QED) is 0.684. The van der Waals surface area contributed by atoms with E-state index in [1.165, 1.54) is 15.8 Å². The Morgan fingerprint density at radius 3 is 2.59 bits per heavy atom. The number of hydrogen-bond donors (Lipinski definition) is 1. The molecule has 7 nitrogen and oxygen atoms in total. The van der Waals surface area contributed by atoms with Crippen molar-refractivity contribution in [1.82, 2.24) is 20.2 Å². The van der Waals surface area contributed by atoms with Gasteiger partial charge in [0.05, 0.1) is 18.6 Å². The van der Waals surface area contributed by atoms with E-state index in [4.69, 9.17) is 4.74 Å². The monoisotopic (exact) mass is 459 g/mol. The number of morpholine rings is 1. The minimum atomic E-state index is 0.0817. The molecule has 2 fully saturated rings. The molecule has 2 saturated heterocycles. The maximum atomic E-state index is 13.0. The van der Waals surface area contributed by atoms with Crippen LogP contribution in [0.2, 0.25) is 0 Å². The second kappa shape index (κ2) is 10.4. The molecule has 1 amide bonds. The molecule has 2 aliphatic rings. The van der Waals surface area contributed by atoms with Crippen molar-refractivity contribution < 1.29 is 9.53 Å². The molecule has 1 atom stereocenters. The summed E-state index contributed by atoms with van der Waals surface area (Å²) in [7, 11) is 0. The number of carbonyl (C=O) groups is 1. The van der Waals surface area contributed by atoms with Crippen LogP contribution in [-0.2, 0) is 9.53 Å². The predicted octanol–water partition coefficient (Wildman–Crippen LogP) is 3.39. The first-order valence-corrected chi connectivity index (χ1v) is 12.8. The molecule has 2 aromatic rings. The van der Waals surface area contributed by atoms with E-state index in [-0.39, 0.29) is 11.8 Å². The number of aromatic nitrogens is 2. The first kappa shape index (κ1) is 23.4. The average molecular weight is 460 g/mol. The lowest BCUT2D eigenvalue weighted by molar-refractivity contribution is -0.126. The van der Waals surface area contributed by atoms with Crippen molar-refractivity contribution in [2.24, 2.45) is 11.8 Å². The Labute approximate surface area is 195 Å². The van der Waals surface area contributed by atoms with Crippen molar-refractivity contribution in [3.63, 3.8) is 0 Å². The van der Waals surface area contributed by atoms with Gasteiger partial charge in [-0.05, 0) is 44.6 Å². The zero-order valence-corrected chi connectivity index (χ0v) is 20.7. The summed E-state index contributed by atoms with van der Waals surface area (Å²) in [6, 6.07) is 0.391. The van der Waals surface area contributed by atoms with Gasteiger partial charge < -0.3 is 15.0 Å².